The molecule has 0 radical (unpaired) electrons. The molecule has 0 atom stereocenters. The Labute approximate surface area is 105 Å². The van der Waals surface area contributed by atoms with Crippen LogP contribution in [0, 0.1) is 0 Å². The highest BCUT2D eigenvalue weighted by Crippen LogP contribution is 2.25. The number of aromatic nitrogens is 1. The highest BCUT2D eigenvalue weighted by molar-refractivity contribution is 7.87. The molecule has 0 unspecified atom stereocenters. The Morgan fingerprint density at radius 2 is 1.89 bits per heavy atom. The van der Waals surface area contributed by atoms with E-state index in [-0.39, 0.29) is 5.52 Å². The first-order valence-corrected chi connectivity index (χ1v) is 6.27. The number of halogens is 4. The number of hydrogen-bond donors (Lipinski definition) is 0. The number of rotatable bonds is 2. The smallest absolute Gasteiger partial charge is 0.281 e. The zero-order valence-corrected chi connectivity index (χ0v) is 10.1. The summed E-state index contributed by atoms with van der Waals surface area (Å²) in [6.45, 7) is 0. The van der Waals surface area contributed by atoms with Gasteiger partial charge in [0.2, 0.25) is 0 Å². The molecule has 0 bridgehead atoms. The molecule has 0 N–H and O–H groups in total. The maximum atomic E-state index is 12.1. The Balaban J connectivity index is 2.45. The Bertz CT molecular complexity index is 693. The van der Waals surface area contributed by atoms with Gasteiger partial charge in [-0.3, -0.25) is 4.28 Å². The van der Waals surface area contributed by atoms with E-state index in [9.17, 15) is 21.6 Å². The summed E-state index contributed by atoms with van der Waals surface area (Å²) in [6, 6.07) is 5.61. The summed E-state index contributed by atoms with van der Waals surface area (Å²) in [6.07, 6.45) is 1.06. The lowest BCUT2D eigenvalue weighted by Crippen LogP contribution is -2.32. The Hall–Kier alpha value is -1.41. The van der Waals surface area contributed by atoms with E-state index in [4.69, 9.17) is 11.6 Å². The number of nitrogens with zero attached hydrogens (tertiary/aromatic N) is 1. The maximum absolute atomic E-state index is 12.1. The normalized spacial score (nSPS) is 12.9. The van der Waals surface area contributed by atoms with Gasteiger partial charge >= 0.3 is 15.6 Å². The monoisotopic (exact) mass is 299 g/mol. The van der Waals surface area contributed by atoms with Gasteiger partial charge in [0, 0.05) is 16.6 Å². The van der Waals surface area contributed by atoms with Crippen molar-refractivity contribution < 1.29 is 25.9 Å². The van der Waals surface area contributed by atoms with E-state index >= 15 is 0 Å². The fourth-order valence-corrected chi connectivity index (χ4v) is 1.91. The van der Waals surface area contributed by atoms with Gasteiger partial charge in [0.1, 0.15) is 0 Å². The molecule has 1 heterocycles. The zero-order chi connectivity index (χ0) is 13.6. The highest BCUT2D eigenvalue weighted by atomic mass is 35.5. The maximum Gasteiger partial charge on any atom is 0.536 e. The molecule has 1 aromatic carbocycles. The lowest BCUT2D eigenvalue weighted by atomic mass is 10.2. The van der Waals surface area contributed by atoms with E-state index in [1.807, 2.05) is 0 Å². The van der Waals surface area contributed by atoms with Crippen molar-refractivity contribution in [2.75, 3.05) is 0 Å². The minimum Gasteiger partial charge on any atom is -0.281 e. The first kappa shape index (κ1) is 13.0. The molecule has 0 fully saturated rings. The molecular formula is C9H5ClF3NO3S. The van der Waals surface area contributed by atoms with Gasteiger partial charge in [0.15, 0.2) is 0 Å². The first-order valence-electron chi connectivity index (χ1n) is 4.48. The summed E-state index contributed by atoms with van der Waals surface area (Å²) in [4.78, 5) is 0. The van der Waals surface area contributed by atoms with Crippen molar-refractivity contribution >= 4 is 32.6 Å². The summed E-state index contributed by atoms with van der Waals surface area (Å²) in [7, 11) is -5.69. The van der Waals surface area contributed by atoms with Gasteiger partial charge in [0.25, 0.3) is 0 Å². The van der Waals surface area contributed by atoms with Crippen LogP contribution < -0.4 is 4.28 Å². The van der Waals surface area contributed by atoms with E-state index in [1.54, 1.807) is 0 Å². The van der Waals surface area contributed by atoms with Gasteiger partial charge in [0.05, 0.1) is 5.52 Å². The second kappa shape index (κ2) is 4.06. The van der Waals surface area contributed by atoms with Crippen molar-refractivity contribution in [3.05, 3.63) is 35.5 Å². The predicted octanol–water partition coefficient (Wildman–Crippen LogP) is 2.57. The molecule has 9 heteroatoms. The standard InChI is InChI=1S/C9H5ClF3NO3S/c10-7-1-2-8-6(5-7)3-4-14(8)17-18(15,16)9(11,12)13/h1-5H. The van der Waals surface area contributed by atoms with E-state index in [1.165, 1.54) is 24.3 Å². The van der Waals surface area contributed by atoms with Gasteiger partial charge < -0.3 is 0 Å². The third kappa shape index (κ3) is 2.25. The van der Waals surface area contributed by atoms with Gasteiger partial charge in [-0.25, -0.2) is 0 Å². The Morgan fingerprint density at radius 1 is 1.22 bits per heavy atom. The number of alkyl halides is 3. The van der Waals surface area contributed by atoms with Crippen molar-refractivity contribution in [1.82, 2.24) is 4.73 Å². The molecule has 98 valence electrons. The summed E-state index contributed by atoms with van der Waals surface area (Å²) in [5.74, 6) is 0. The number of hydrogen-bond acceptors (Lipinski definition) is 3. The molecule has 0 aliphatic heterocycles. The zero-order valence-electron chi connectivity index (χ0n) is 8.48. The largest absolute Gasteiger partial charge is 0.536 e. The minimum atomic E-state index is -5.69. The van der Waals surface area contributed by atoms with Crippen LogP contribution in [0.5, 0.6) is 0 Å². The van der Waals surface area contributed by atoms with Gasteiger partial charge in [-0.1, -0.05) is 11.6 Å². The van der Waals surface area contributed by atoms with Crippen LogP contribution in [-0.2, 0) is 10.1 Å². The fourth-order valence-electron chi connectivity index (χ4n) is 1.30. The van der Waals surface area contributed by atoms with Crippen LogP contribution in [-0.4, -0.2) is 18.7 Å². The SMILES string of the molecule is O=S(=O)(On1ccc2cc(Cl)ccc21)C(F)(F)F. The Morgan fingerprint density at radius 3 is 2.50 bits per heavy atom. The molecule has 0 saturated carbocycles. The van der Waals surface area contributed by atoms with E-state index in [0.717, 1.165) is 6.20 Å². The topological polar surface area (TPSA) is 48.3 Å². The van der Waals surface area contributed by atoms with E-state index in [2.05, 4.69) is 4.28 Å². The van der Waals surface area contributed by atoms with E-state index in [0.29, 0.717) is 15.1 Å². The van der Waals surface area contributed by atoms with Gasteiger partial charge in [-0.15, -0.1) is 0 Å². The van der Waals surface area contributed by atoms with Crippen LogP contribution in [0.25, 0.3) is 10.9 Å². The third-order valence-corrected chi connectivity index (χ3v) is 3.24. The summed E-state index contributed by atoms with van der Waals surface area (Å²) < 4.78 is 62.6. The second-order valence-electron chi connectivity index (χ2n) is 3.32. The van der Waals surface area contributed by atoms with Crippen molar-refractivity contribution in [2.24, 2.45) is 0 Å². The van der Waals surface area contributed by atoms with Crippen molar-refractivity contribution in [3.8, 4) is 0 Å². The average Bonchev–Trinajstić information content (AvgIpc) is 2.58. The molecule has 0 aliphatic rings. The fraction of sp³-hybridized carbons (Fsp3) is 0.111. The van der Waals surface area contributed by atoms with Crippen LogP contribution in [0.2, 0.25) is 5.02 Å². The van der Waals surface area contributed by atoms with Crippen molar-refractivity contribution in [2.45, 2.75) is 5.51 Å². The van der Waals surface area contributed by atoms with Crippen LogP contribution >= 0.6 is 11.6 Å². The minimum absolute atomic E-state index is 0.159. The van der Waals surface area contributed by atoms with Crippen molar-refractivity contribution in [3.63, 3.8) is 0 Å². The molecule has 0 spiro atoms. The average molecular weight is 300 g/mol. The molecule has 0 amide bonds. The van der Waals surface area contributed by atoms with Crippen LogP contribution in [0.3, 0.4) is 0 Å². The van der Waals surface area contributed by atoms with Gasteiger partial charge in [-0.05, 0) is 24.3 Å². The lowest BCUT2D eigenvalue weighted by molar-refractivity contribution is -0.0543. The number of fused-ring (bicyclic) bond motifs is 1. The molecule has 0 aliphatic carbocycles. The van der Waals surface area contributed by atoms with Gasteiger partial charge in [-0.2, -0.15) is 26.3 Å². The second-order valence-corrected chi connectivity index (χ2v) is 5.28. The predicted molar refractivity (Wildman–Crippen MR) is 58.5 cm³/mol. The van der Waals surface area contributed by atoms with Crippen LogP contribution in [0.15, 0.2) is 30.5 Å². The number of benzene rings is 1. The molecule has 2 aromatic rings. The first-order chi connectivity index (χ1) is 8.21. The Kier molecular flexibility index (Phi) is 2.94. The molecule has 0 saturated heterocycles. The molecular weight excluding hydrogens is 295 g/mol. The molecule has 4 nitrogen and oxygen atoms in total. The van der Waals surface area contributed by atoms with Crippen LogP contribution in [0.4, 0.5) is 13.2 Å². The molecule has 2 rings (SSSR count). The summed E-state index contributed by atoms with van der Waals surface area (Å²) in [5.41, 5.74) is -5.32. The molecule has 18 heavy (non-hydrogen) atoms. The lowest BCUT2D eigenvalue weighted by Gasteiger charge is -2.10. The van der Waals surface area contributed by atoms with Crippen molar-refractivity contribution in [1.29, 1.82) is 0 Å². The summed E-state index contributed by atoms with van der Waals surface area (Å²) in [5, 5.41) is 0.832. The highest BCUT2D eigenvalue weighted by Gasteiger charge is 2.49. The van der Waals surface area contributed by atoms with E-state index < -0.39 is 15.6 Å². The molecule has 1 aromatic heterocycles. The quantitative estimate of drug-likeness (QED) is 0.801. The third-order valence-electron chi connectivity index (χ3n) is 2.08. The summed E-state index contributed by atoms with van der Waals surface area (Å²) >= 11 is 5.69. The van der Waals surface area contributed by atoms with Crippen LogP contribution in [0.1, 0.15) is 0 Å².